The zero-order valence-corrected chi connectivity index (χ0v) is 51.2. The number of rotatable bonds is 6. The zero-order valence-electron chi connectivity index (χ0n) is 51.2. The highest BCUT2D eigenvalue weighted by atomic mass is 16.7. The number of fused-ring (bicyclic) bond motifs is 5. The fraction of sp³-hybridized carbons (Fsp3) is 0.361. The first-order valence-corrected chi connectivity index (χ1v) is 27.1. The highest BCUT2D eigenvalue weighted by Crippen LogP contribution is 2.42. The Bertz CT molecular complexity index is 3000. The number of benzene rings is 5. The van der Waals surface area contributed by atoms with Gasteiger partial charge in [-0.3, -0.25) is 33.6 Å². The molecule has 450 valence electrons. The van der Waals surface area contributed by atoms with E-state index in [2.05, 4.69) is 31.9 Å². The SMILES string of the molecule is CC.CC.CC.CC.CC.CN1C(=O)C(=O)c2ccccc21.CNC(=O)NC1(NC(=O)NC)C(=O)N(C)c2ccccc21.COC1(OC)C(=O)N(C)c2ccccc21.COC1(OC)C(=O)Nc2ccccc21.O=C1Nc2ccccc2C1=O. The van der Waals surface area contributed by atoms with E-state index in [4.69, 9.17) is 18.9 Å². The van der Waals surface area contributed by atoms with Crippen molar-refractivity contribution in [2.45, 2.75) is 86.5 Å². The Hall–Kier alpha value is -8.83. The van der Waals surface area contributed by atoms with Crippen LogP contribution in [0.2, 0.25) is 0 Å². The van der Waals surface area contributed by atoms with Gasteiger partial charge in [0.2, 0.25) is 5.66 Å². The van der Waals surface area contributed by atoms with Crippen molar-refractivity contribution in [3.63, 3.8) is 0 Å². The lowest BCUT2D eigenvalue weighted by atomic mass is 10.0. The van der Waals surface area contributed by atoms with Crippen LogP contribution in [0.25, 0.3) is 0 Å². The third-order valence-electron chi connectivity index (χ3n) is 12.2. The monoisotopic (exact) mass is 1150 g/mol. The third-order valence-corrected chi connectivity index (χ3v) is 12.2. The maximum atomic E-state index is 12.6. The molecule has 9 amide bonds. The molecule has 0 saturated heterocycles. The largest absolute Gasteiger partial charge is 0.342 e. The average Bonchev–Trinajstić information content (AvgIpc) is 3.67. The van der Waals surface area contributed by atoms with Crippen molar-refractivity contribution in [3.8, 4) is 0 Å². The molecule has 0 aromatic heterocycles. The number of nitrogens with one attached hydrogen (secondary N) is 6. The van der Waals surface area contributed by atoms with Gasteiger partial charge in [-0.1, -0.05) is 148 Å². The fourth-order valence-corrected chi connectivity index (χ4v) is 8.39. The molecular formula is C61H83N9O13. The number of Topliss-reactive ketones (excluding diaryl/α,β-unsaturated/α-hetero) is 2. The zero-order chi connectivity index (χ0) is 63.4. The van der Waals surface area contributed by atoms with Crippen molar-refractivity contribution >= 4 is 81.6 Å². The topological polar surface area (TPSA) is 272 Å². The minimum atomic E-state index is -1.63. The molecule has 22 nitrogen and oxygen atoms in total. The van der Waals surface area contributed by atoms with E-state index in [0.29, 0.717) is 33.8 Å². The smallest absolute Gasteiger partial charge is 0.317 e. The normalized spacial score (nSPS) is 14.6. The number of hydrogen-bond acceptors (Lipinski definition) is 13. The van der Waals surface area contributed by atoms with Gasteiger partial charge >= 0.3 is 12.1 Å². The summed E-state index contributed by atoms with van der Waals surface area (Å²) >= 11 is 0. The minimum Gasteiger partial charge on any atom is -0.342 e. The molecule has 5 aromatic rings. The van der Waals surface area contributed by atoms with E-state index in [1.165, 1.54) is 52.3 Å². The molecule has 5 aliphatic heterocycles. The van der Waals surface area contributed by atoms with Gasteiger partial charge in [0, 0.05) is 80.4 Å². The van der Waals surface area contributed by atoms with E-state index in [0.717, 1.165) is 22.5 Å². The van der Waals surface area contributed by atoms with Crippen LogP contribution in [-0.2, 0) is 60.2 Å². The second-order valence-corrected chi connectivity index (χ2v) is 16.0. The molecule has 0 unspecified atom stereocenters. The second-order valence-electron chi connectivity index (χ2n) is 16.0. The number of ether oxygens (including phenoxy) is 4. The molecule has 83 heavy (non-hydrogen) atoms. The van der Waals surface area contributed by atoms with Gasteiger partial charge in [0.25, 0.3) is 52.7 Å². The van der Waals surface area contributed by atoms with Crippen molar-refractivity contribution in [1.29, 1.82) is 0 Å². The Kier molecular flexibility index (Phi) is 30.0. The summed E-state index contributed by atoms with van der Waals surface area (Å²) in [5.74, 6) is -5.33. The lowest BCUT2D eigenvalue weighted by Crippen LogP contribution is -2.65. The Labute approximate surface area is 487 Å². The van der Waals surface area contributed by atoms with Gasteiger partial charge in [0.05, 0.1) is 39.6 Å². The van der Waals surface area contributed by atoms with Gasteiger partial charge in [-0.15, -0.1) is 0 Å². The Balaban J connectivity index is 0.000000506. The van der Waals surface area contributed by atoms with Gasteiger partial charge < -0.3 is 65.5 Å². The van der Waals surface area contributed by atoms with Crippen LogP contribution in [0.1, 0.15) is 107 Å². The summed E-state index contributed by atoms with van der Waals surface area (Å²) in [6, 6.07) is 34.4. The lowest BCUT2D eigenvalue weighted by molar-refractivity contribution is -0.208. The molecular weight excluding hydrogens is 1070 g/mol. The highest BCUT2D eigenvalue weighted by Gasteiger charge is 2.53. The number of hydrogen-bond donors (Lipinski definition) is 6. The molecule has 10 rings (SSSR count). The summed E-state index contributed by atoms with van der Waals surface area (Å²) in [4.78, 5) is 108. The maximum Gasteiger partial charge on any atom is 0.317 e. The van der Waals surface area contributed by atoms with E-state index in [1.54, 1.807) is 105 Å². The molecule has 0 bridgehead atoms. The van der Waals surface area contributed by atoms with Crippen molar-refractivity contribution in [2.24, 2.45) is 0 Å². The molecule has 0 fully saturated rings. The van der Waals surface area contributed by atoms with E-state index >= 15 is 0 Å². The number of urea groups is 2. The van der Waals surface area contributed by atoms with E-state index in [1.807, 2.05) is 112 Å². The van der Waals surface area contributed by atoms with Crippen LogP contribution in [0.4, 0.5) is 38.0 Å². The highest BCUT2D eigenvalue weighted by molar-refractivity contribution is 6.52. The van der Waals surface area contributed by atoms with Gasteiger partial charge in [-0.2, -0.15) is 0 Å². The number of carbonyl (C=O) groups is 9. The number of para-hydroxylation sites is 5. The van der Waals surface area contributed by atoms with Crippen LogP contribution in [0.15, 0.2) is 121 Å². The molecule has 0 spiro atoms. The van der Waals surface area contributed by atoms with Crippen LogP contribution in [-0.4, -0.2) is 117 Å². The van der Waals surface area contributed by atoms with E-state index in [9.17, 15) is 43.2 Å². The standard InChI is InChI=1S/C13H17N5O3.C11H13NO3.C10H11NO3.C9H7NO2.C8H5NO2.5C2H6/c1-14-11(20)16-13(17-12(21)15-2)8-6-4-5-7-9(8)18(3)10(13)19;1-12-9-7-5-4-6-8(9)11(14-2,15-3)10(12)13;1-13-10(14-2)7-5-3-4-6-8(7)11-9(10)12;1-10-7-5-3-2-4-6(7)8(11)9(10)12;10-7-5-3-1-2-4-6(5)9-8(7)11;5*1-2/h4-7H,1-3H3,(H2,14,16,20)(H2,15,17,21);4-7H,1-3H3;3-6H,1-2H3,(H,11,12);2-5H,1H3;1-4H,(H,9,10,11);5*1-2H3. The van der Waals surface area contributed by atoms with Crippen molar-refractivity contribution in [3.05, 3.63) is 149 Å². The van der Waals surface area contributed by atoms with Crippen LogP contribution in [0.5, 0.6) is 0 Å². The summed E-state index contributed by atoms with van der Waals surface area (Å²) in [7, 11) is 13.6. The summed E-state index contributed by atoms with van der Waals surface area (Å²) in [6.07, 6.45) is 0. The summed E-state index contributed by atoms with van der Waals surface area (Å²) < 4.78 is 20.8. The predicted octanol–water partition coefficient (Wildman–Crippen LogP) is 8.66. The van der Waals surface area contributed by atoms with Crippen LogP contribution in [0.3, 0.4) is 0 Å². The molecule has 0 saturated carbocycles. The molecule has 22 heteroatoms. The quantitative estimate of drug-likeness (QED) is 0.0687. The lowest BCUT2D eigenvalue weighted by Gasteiger charge is -2.30. The van der Waals surface area contributed by atoms with E-state index in [-0.39, 0.29) is 11.8 Å². The molecule has 0 radical (unpaired) electrons. The molecule has 0 aliphatic carbocycles. The Morgan fingerprint density at radius 3 is 1.27 bits per heavy atom. The first-order chi connectivity index (χ1) is 39.9. The molecule has 6 N–H and O–H groups in total. The van der Waals surface area contributed by atoms with Crippen molar-refractivity contribution < 1.29 is 62.1 Å². The summed E-state index contributed by atoms with van der Waals surface area (Å²) in [5.41, 5.74) is 4.81. The number of anilines is 5. The molecule has 0 atom stereocenters. The number of likely N-dealkylation sites (N-methyl/N-ethyl adjacent to an activating group) is 3. The number of carbonyl (C=O) groups excluding carboxylic acids is 9. The molecule has 5 heterocycles. The van der Waals surface area contributed by atoms with Crippen molar-refractivity contribution in [2.75, 3.05) is 89.0 Å². The summed E-state index contributed by atoms with van der Waals surface area (Å²) in [6.45, 7) is 20.0. The average molecular weight is 1150 g/mol. The first-order valence-electron chi connectivity index (χ1n) is 27.1. The van der Waals surface area contributed by atoms with Crippen molar-refractivity contribution in [1.82, 2.24) is 21.3 Å². The van der Waals surface area contributed by atoms with Gasteiger partial charge in [0.15, 0.2) is 0 Å². The maximum absolute atomic E-state index is 12.6. The molecule has 5 aliphatic rings. The van der Waals surface area contributed by atoms with Gasteiger partial charge in [-0.25, -0.2) is 9.59 Å². The second kappa shape index (κ2) is 34.5. The Morgan fingerprint density at radius 1 is 0.422 bits per heavy atom. The van der Waals surface area contributed by atoms with E-state index < -0.39 is 58.6 Å². The fourth-order valence-electron chi connectivity index (χ4n) is 8.39. The molecule has 5 aromatic carbocycles. The number of methoxy groups -OCH3 is 4. The minimum absolute atomic E-state index is 0.200. The van der Waals surface area contributed by atoms with Crippen LogP contribution < -0.4 is 46.6 Å². The van der Waals surface area contributed by atoms with Crippen LogP contribution in [0, 0.1) is 0 Å². The summed E-state index contributed by atoms with van der Waals surface area (Å²) in [5, 5.41) is 15.0. The Morgan fingerprint density at radius 2 is 0.807 bits per heavy atom. The third kappa shape index (κ3) is 15.2. The van der Waals surface area contributed by atoms with Gasteiger partial charge in [0.1, 0.15) is 0 Å². The number of ketones is 2. The predicted molar refractivity (Wildman–Crippen MR) is 323 cm³/mol. The van der Waals surface area contributed by atoms with Gasteiger partial charge in [-0.05, 0) is 42.5 Å². The number of nitrogens with zero attached hydrogens (tertiary/aromatic N) is 3. The number of amides is 9. The first kappa shape index (κ1) is 72.2. The van der Waals surface area contributed by atoms with Crippen LogP contribution >= 0.6 is 0 Å².